The van der Waals surface area contributed by atoms with Gasteiger partial charge in [0.2, 0.25) is 0 Å². The van der Waals surface area contributed by atoms with Gasteiger partial charge in [-0.2, -0.15) is 0 Å². The molecule has 19 heavy (non-hydrogen) atoms. The first-order valence-electron chi connectivity index (χ1n) is 6.67. The summed E-state index contributed by atoms with van der Waals surface area (Å²) in [4.78, 5) is 11.5. The Morgan fingerprint density at radius 3 is 2.42 bits per heavy atom. The predicted molar refractivity (Wildman–Crippen MR) is 78.0 cm³/mol. The third-order valence-electron chi connectivity index (χ3n) is 3.76. The standard InChI is InChI=1S/C18H16O/c19-13-18-16(12-14-6-2-1-3-7-14)11-10-15-8-4-5-9-17(15)18/h1-9,12-13,18H,10-11H2. The zero-order chi connectivity index (χ0) is 13.1. The quantitative estimate of drug-likeness (QED) is 0.734. The minimum Gasteiger partial charge on any atom is -0.302 e. The molecule has 94 valence electrons. The summed E-state index contributed by atoms with van der Waals surface area (Å²) in [7, 11) is 0. The molecule has 1 aliphatic rings. The van der Waals surface area contributed by atoms with E-state index in [1.165, 1.54) is 22.3 Å². The summed E-state index contributed by atoms with van der Waals surface area (Å²) in [6.07, 6.45) is 5.23. The number of allylic oxidation sites excluding steroid dienone is 1. The molecule has 0 radical (unpaired) electrons. The lowest BCUT2D eigenvalue weighted by Gasteiger charge is -2.24. The van der Waals surface area contributed by atoms with E-state index in [0.717, 1.165) is 19.1 Å². The van der Waals surface area contributed by atoms with Crippen molar-refractivity contribution in [3.05, 3.63) is 76.9 Å². The number of carbonyl (C=O) groups is 1. The van der Waals surface area contributed by atoms with Crippen molar-refractivity contribution in [2.45, 2.75) is 18.8 Å². The number of rotatable bonds is 2. The van der Waals surface area contributed by atoms with Gasteiger partial charge in [0.15, 0.2) is 0 Å². The van der Waals surface area contributed by atoms with Crippen LogP contribution in [0.5, 0.6) is 0 Å². The maximum absolute atomic E-state index is 11.5. The molecule has 0 saturated carbocycles. The van der Waals surface area contributed by atoms with Gasteiger partial charge in [0.05, 0.1) is 5.92 Å². The zero-order valence-electron chi connectivity index (χ0n) is 10.8. The normalized spacial score (nSPS) is 20.0. The van der Waals surface area contributed by atoms with Gasteiger partial charge in [-0.15, -0.1) is 0 Å². The van der Waals surface area contributed by atoms with Crippen LogP contribution in [0, 0.1) is 0 Å². The Kier molecular flexibility index (Phi) is 3.28. The second-order valence-electron chi connectivity index (χ2n) is 4.94. The first-order chi connectivity index (χ1) is 9.38. The number of aldehydes is 1. The van der Waals surface area contributed by atoms with E-state index in [9.17, 15) is 4.79 Å². The Labute approximate surface area is 113 Å². The van der Waals surface area contributed by atoms with Gasteiger partial charge >= 0.3 is 0 Å². The topological polar surface area (TPSA) is 17.1 Å². The van der Waals surface area contributed by atoms with E-state index in [-0.39, 0.29) is 5.92 Å². The summed E-state index contributed by atoms with van der Waals surface area (Å²) in [6, 6.07) is 18.5. The molecule has 2 aromatic carbocycles. The van der Waals surface area contributed by atoms with Gasteiger partial charge in [-0.25, -0.2) is 0 Å². The highest BCUT2D eigenvalue weighted by molar-refractivity contribution is 5.74. The molecule has 1 atom stereocenters. The monoisotopic (exact) mass is 248 g/mol. The molecular formula is C18H16O. The predicted octanol–water partition coefficient (Wildman–Crippen LogP) is 4.00. The highest BCUT2D eigenvalue weighted by Crippen LogP contribution is 2.35. The Morgan fingerprint density at radius 1 is 0.895 bits per heavy atom. The zero-order valence-corrected chi connectivity index (χ0v) is 10.8. The lowest BCUT2D eigenvalue weighted by molar-refractivity contribution is -0.108. The minimum atomic E-state index is -0.0786. The van der Waals surface area contributed by atoms with Crippen molar-refractivity contribution in [2.75, 3.05) is 0 Å². The van der Waals surface area contributed by atoms with Crippen molar-refractivity contribution in [2.24, 2.45) is 0 Å². The summed E-state index contributed by atoms with van der Waals surface area (Å²) in [5, 5.41) is 0. The molecule has 2 aromatic rings. The van der Waals surface area contributed by atoms with Gasteiger partial charge in [0.1, 0.15) is 6.29 Å². The van der Waals surface area contributed by atoms with Crippen LogP contribution in [0.15, 0.2) is 60.2 Å². The van der Waals surface area contributed by atoms with Gasteiger partial charge in [-0.1, -0.05) is 66.2 Å². The number of hydrogen-bond donors (Lipinski definition) is 0. The van der Waals surface area contributed by atoms with Crippen molar-refractivity contribution >= 4 is 12.4 Å². The smallest absolute Gasteiger partial charge is 0.131 e. The van der Waals surface area contributed by atoms with Gasteiger partial charge in [0, 0.05) is 0 Å². The molecular weight excluding hydrogens is 232 g/mol. The Balaban J connectivity index is 2.01. The lowest BCUT2D eigenvalue weighted by atomic mass is 9.79. The first-order valence-corrected chi connectivity index (χ1v) is 6.67. The molecule has 0 amide bonds. The van der Waals surface area contributed by atoms with Crippen molar-refractivity contribution < 1.29 is 4.79 Å². The molecule has 1 unspecified atom stereocenters. The van der Waals surface area contributed by atoms with Crippen molar-refractivity contribution in [3.8, 4) is 0 Å². The molecule has 0 spiro atoms. The SMILES string of the molecule is O=CC1C(=Cc2ccccc2)CCc2ccccc21. The van der Waals surface area contributed by atoms with Crippen molar-refractivity contribution in [3.63, 3.8) is 0 Å². The lowest BCUT2D eigenvalue weighted by Crippen LogP contribution is -2.13. The Hall–Kier alpha value is -2.15. The molecule has 1 nitrogen and oxygen atoms in total. The molecule has 3 rings (SSSR count). The average molecular weight is 248 g/mol. The summed E-state index contributed by atoms with van der Waals surface area (Å²) in [5.74, 6) is -0.0786. The third-order valence-corrected chi connectivity index (χ3v) is 3.76. The highest BCUT2D eigenvalue weighted by Gasteiger charge is 2.23. The fourth-order valence-electron chi connectivity index (χ4n) is 2.79. The van der Waals surface area contributed by atoms with Crippen LogP contribution in [0.3, 0.4) is 0 Å². The second kappa shape index (κ2) is 5.23. The Bertz CT molecular complexity index is 611. The van der Waals surface area contributed by atoms with E-state index in [1.54, 1.807) is 0 Å². The molecule has 0 N–H and O–H groups in total. The van der Waals surface area contributed by atoms with Crippen LogP contribution >= 0.6 is 0 Å². The number of hydrogen-bond acceptors (Lipinski definition) is 1. The van der Waals surface area contributed by atoms with Gasteiger partial charge in [-0.3, -0.25) is 0 Å². The molecule has 0 aliphatic heterocycles. The van der Waals surface area contributed by atoms with E-state index in [0.29, 0.717) is 0 Å². The summed E-state index contributed by atoms with van der Waals surface area (Å²) < 4.78 is 0. The summed E-state index contributed by atoms with van der Waals surface area (Å²) in [6.45, 7) is 0. The van der Waals surface area contributed by atoms with Gasteiger partial charge < -0.3 is 4.79 Å². The molecule has 0 aromatic heterocycles. The van der Waals surface area contributed by atoms with Gasteiger partial charge in [-0.05, 0) is 29.5 Å². The van der Waals surface area contributed by atoms with Crippen LogP contribution in [0.25, 0.3) is 6.08 Å². The first kappa shape index (κ1) is 11.9. The number of aryl methyl sites for hydroxylation is 1. The number of benzene rings is 2. The number of fused-ring (bicyclic) bond motifs is 1. The van der Waals surface area contributed by atoms with Crippen LogP contribution in [-0.4, -0.2) is 6.29 Å². The van der Waals surface area contributed by atoms with E-state index in [1.807, 2.05) is 30.3 Å². The van der Waals surface area contributed by atoms with Crippen LogP contribution < -0.4 is 0 Å². The molecule has 0 bridgehead atoms. The molecule has 0 saturated heterocycles. The fourth-order valence-corrected chi connectivity index (χ4v) is 2.79. The van der Waals surface area contributed by atoms with Crippen molar-refractivity contribution in [1.29, 1.82) is 0 Å². The minimum absolute atomic E-state index is 0.0786. The van der Waals surface area contributed by atoms with Crippen LogP contribution in [-0.2, 0) is 11.2 Å². The average Bonchev–Trinajstić information content (AvgIpc) is 2.48. The number of carbonyl (C=O) groups excluding carboxylic acids is 1. The van der Waals surface area contributed by atoms with E-state index < -0.39 is 0 Å². The maximum Gasteiger partial charge on any atom is 0.131 e. The third kappa shape index (κ3) is 2.37. The van der Waals surface area contributed by atoms with Crippen LogP contribution in [0.2, 0.25) is 0 Å². The molecule has 0 fully saturated rings. The van der Waals surface area contributed by atoms with E-state index in [4.69, 9.17) is 0 Å². The maximum atomic E-state index is 11.5. The van der Waals surface area contributed by atoms with E-state index in [2.05, 4.69) is 30.3 Å². The molecule has 1 heteroatoms. The van der Waals surface area contributed by atoms with E-state index >= 15 is 0 Å². The molecule has 1 aliphatic carbocycles. The van der Waals surface area contributed by atoms with Crippen molar-refractivity contribution in [1.82, 2.24) is 0 Å². The fraction of sp³-hybridized carbons (Fsp3) is 0.167. The Morgan fingerprint density at radius 2 is 1.63 bits per heavy atom. The van der Waals surface area contributed by atoms with Crippen LogP contribution in [0.4, 0.5) is 0 Å². The summed E-state index contributed by atoms with van der Waals surface area (Å²) >= 11 is 0. The molecule has 0 heterocycles. The van der Waals surface area contributed by atoms with Crippen LogP contribution in [0.1, 0.15) is 29.0 Å². The second-order valence-corrected chi connectivity index (χ2v) is 4.94. The highest BCUT2D eigenvalue weighted by atomic mass is 16.1. The largest absolute Gasteiger partial charge is 0.302 e. The summed E-state index contributed by atoms with van der Waals surface area (Å²) in [5.41, 5.74) is 4.87. The van der Waals surface area contributed by atoms with Gasteiger partial charge in [0.25, 0.3) is 0 Å².